The van der Waals surface area contributed by atoms with E-state index in [9.17, 15) is 4.79 Å². The lowest BCUT2D eigenvalue weighted by molar-refractivity contribution is -0.150. The molecular formula is C14H20O4. The molecule has 0 heterocycles. The number of carboxylic acid groups (broad SMARTS) is 1. The van der Waals surface area contributed by atoms with Crippen LogP contribution in [0.1, 0.15) is 19.4 Å². The van der Waals surface area contributed by atoms with Crippen LogP contribution in [0, 0.1) is 5.92 Å². The van der Waals surface area contributed by atoms with Gasteiger partial charge in [-0.1, -0.05) is 26.0 Å². The summed E-state index contributed by atoms with van der Waals surface area (Å²) in [5.41, 5.74) is 0.923. The third-order valence-electron chi connectivity index (χ3n) is 2.49. The topological polar surface area (TPSA) is 55.8 Å². The number of hydrogen-bond donors (Lipinski definition) is 1. The zero-order valence-electron chi connectivity index (χ0n) is 11.1. The van der Waals surface area contributed by atoms with Crippen LogP contribution in [-0.4, -0.2) is 30.9 Å². The first-order valence-corrected chi connectivity index (χ1v) is 6.00. The van der Waals surface area contributed by atoms with Gasteiger partial charge in [0.2, 0.25) is 0 Å². The molecule has 0 bridgehead atoms. The van der Waals surface area contributed by atoms with Gasteiger partial charge in [0.25, 0.3) is 0 Å². The van der Waals surface area contributed by atoms with E-state index in [1.807, 2.05) is 38.1 Å². The lowest BCUT2D eigenvalue weighted by atomic mass is 10.1. The van der Waals surface area contributed by atoms with Crippen molar-refractivity contribution in [2.45, 2.75) is 26.4 Å². The molecule has 0 spiro atoms. The molecule has 0 aliphatic heterocycles. The highest BCUT2D eigenvalue weighted by Crippen LogP contribution is 2.14. The van der Waals surface area contributed by atoms with Gasteiger partial charge in [0, 0.05) is 6.42 Å². The number of carbonyl (C=O) groups is 1. The van der Waals surface area contributed by atoms with Gasteiger partial charge in [-0.2, -0.15) is 0 Å². The van der Waals surface area contributed by atoms with Crippen molar-refractivity contribution >= 4 is 5.97 Å². The van der Waals surface area contributed by atoms with Crippen molar-refractivity contribution < 1.29 is 19.4 Å². The van der Waals surface area contributed by atoms with Gasteiger partial charge >= 0.3 is 5.97 Å². The van der Waals surface area contributed by atoms with Gasteiger partial charge in [-0.25, -0.2) is 4.79 Å². The number of ether oxygens (including phenoxy) is 2. The molecule has 1 N–H and O–H groups in total. The first-order valence-electron chi connectivity index (χ1n) is 6.00. The van der Waals surface area contributed by atoms with Crippen molar-refractivity contribution in [3.8, 4) is 5.75 Å². The molecule has 1 aromatic rings. The van der Waals surface area contributed by atoms with Gasteiger partial charge in [0.15, 0.2) is 6.10 Å². The summed E-state index contributed by atoms with van der Waals surface area (Å²) in [7, 11) is 1.60. The average molecular weight is 252 g/mol. The Balaban J connectivity index is 2.61. The number of aliphatic carboxylic acids is 1. The van der Waals surface area contributed by atoms with Crippen LogP contribution in [0.2, 0.25) is 0 Å². The van der Waals surface area contributed by atoms with Crippen LogP contribution in [0.25, 0.3) is 0 Å². The highest BCUT2D eigenvalue weighted by molar-refractivity contribution is 5.72. The summed E-state index contributed by atoms with van der Waals surface area (Å²) < 4.78 is 10.4. The van der Waals surface area contributed by atoms with E-state index >= 15 is 0 Å². The van der Waals surface area contributed by atoms with Crippen molar-refractivity contribution in [2.75, 3.05) is 13.7 Å². The first kappa shape index (κ1) is 14.5. The molecule has 100 valence electrons. The summed E-state index contributed by atoms with van der Waals surface area (Å²) in [5.74, 6) is 0.155. The smallest absolute Gasteiger partial charge is 0.333 e. The van der Waals surface area contributed by atoms with Crippen LogP contribution in [0.4, 0.5) is 0 Å². The molecule has 0 radical (unpaired) electrons. The Hall–Kier alpha value is -1.55. The highest BCUT2D eigenvalue weighted by Gasteiger charge is 2.19. The monoisotopic (exact) mass is 252 g/mol. The van der Waals surface area contributed by atoms with Gasteiger partial charge in [0.05, 0.1) is 13.7 Å². The van der Waals surface area contributed by atoms with Crippen molar-refractivity contribution in [1.29, 1.82) is 0 Å². The third-order valence-corrected chi connectivity index (χ3v) is 2.49. The molecule has 0 saturated carbocycles. The zero-order chi connectivity index (χ0) is 13.5. The minimum absolute atomic E-state index is 0.322. The molecule has 0 fully saturated rings. The van der Waals surface area contributed by atoms with Crippen LogP contribution in [0.3, 0.4) is 0 Å². The van der Waals surface area contributed by atoms with Crippen LogP contribution >= 0.6 is 0 Å². The Labute approximate surface area is 108 Å². The molecule has 1 aromatic carbocycles. The summed E-state index contributed by atoms with van der Waals surface area (Å²) in [6.45, 7) is 4.44. The van der Waals surface area contributed by atoms with E-state index in [0.717, 1.165) is 11.3 Å². The second kappa shape index (κ2) is 7.01. The maximum atomic E-state index is 11.1. The van der Waals surface area contributed by atoms with Crippen molar-refractivity contribution in [1.82, 2.24) is 0 Å². The van der Waals surface area contributed by atoms with Crippen LogP contribution in [-0.2, 0) is 16.0 Å². The quantitative estimate of drug-likeness (QED) is 0.809. The Morgan fingerprint density at radius 1 is 1.28 bits per heavy atom. The third kappa shape index (κ3) is 4.75. The van der Waals surface area contributed by atoms with Crippen LogP contribution in [0.15, 0.2) is 24.3 Å². The number of rotatable bonds is 7. The molecule has 1 atom stereocenters. The standard InChI is InChI=1S/C14H20O4/c1-10(2)9-18-13(14(15)16)8-11-4-6-12(17-3)7-5-11/h4-7,10,13H,8-9H2,1-3H3,(H,15,16). The molecule has 0 saturated heterocycles. The summed E-state index contributed by atoms with van der Waals surface area (Å²) in [6, 6.07) is 7.34. The summed E-state index contributed by atoms with van der Waals surface area (Å²) in [5, 5.41) is 9.10. The summed E-state index contributed by atoms with van der Waals surface area (Å²) in [6.07, 6.45) is -0.424. The molecule has 4 heteroatoms. The zero-order valence-corrected chi connectivity index (χ0v) is 11.1. The molecule has 0 aliphatic rings. The van der Waals surface area contributed by atoms with Crippen molar-refractivity contribution in [3.63, 3.8) is 0 Å². The molecular weight excluding hydrogens is 232 g/mol. The molecule has 0 aromatic heterocycles. The molecule has 4 nitrogen and oxygen atoms in total. The number of methoxy groups -OCH3 is 1. The molecule has 18 heavy (non-hydrogen) atoms. The van der Waals surface area contributed by atoms with Gasteiger partial charge in [-0.15, -0.1) is 0 Å². The number of benzene rings is 1. The van der Waals surface area contributed by atoms with Gasteiger partial charge in [0.1, 0.15) is 5.75 Å². The number of carboxylic acids is 1. The van der Waals surface area contributed by atoms with Gasteiger partial charge in [-0.05, 0) is 23.6 Å². The highest BCUT2D eigenvalue weighted by atomic mass is 16.5. The van der Waals surface area contributed by atoms with Crippen LogP contribution < -0.4 is 4.74 Å². The van der Waals surface area contributed by atoms with E-state index in [2.05, 4.69) is 0 Å². The maximum absolute atomic E-state index is 11.1. The second-order valence-electron chi connectivity index (χ2n) is 4.61. The molecule has 1 rings (SSSR count). The molecule has 0 amide bonds. The molecule has 0 aliphatic carbocycles. The van der Waals surface area contributed by atoms with Crippen LogP contribution in [0.5, 0.6) is 5.75 Å². The summed E-state index contributed by atoms with van der Waals surface area (Å²) in [4.78, 5) is 11.1. The Morgan fingerprint density at radius 3 is 2.33 bits per heavy atom. The van der Waals surface area contributed by atoms with Crippen molar-refractivity contribution in [2.24, 2.45) is 5.92 Å². The van der Waals surface area contributed by atoms with E-state index in [1.165, 1.54) is 0 Å². The average Bonchev–Trinajstić information content (AvgIpc) is 2.34. The predicted octanol–water partition coefficient (Wildman–Crippen LogP) is 2.36. The fraction of sp³-hybridized carbons (Fsp3) is 0.500. The lowest BCUT2D eigenvalue weighted by Gasteiger charge is -2.15. The van der Waals surface area contributed by atoms with E-state index < -0.39 is 12.1 Å². The van der Waals surface area contributed by atoms with Gasteiger partial charge in [-0.3, -0.25) is 0 Å². The summed E-state index contributed by atoms with van der Waals surface area (Å²) >= 11 is 0. The van der Waals surface area contributed by atoms with Crippen molar-refractivity contribution in [3.05, 3.63) is 29.8 Å². The fourth-order valence-corrected chi connectivity index (χ4v) is 1.50. The molecule has 1 unspecified atom stereocenters. The Kier molecular flexibility index (Phi) is 5.65. The van der Waals surface area contributed by atoms with E-state index in [0.29, 0.717) is 18.9 Å². The SMILES string of the molecule is COc1ccc(CC(OCC(C)C)C(=O)O)cc1. The first-order chi connectivity index (χ1) is 8.52. The largest absolute Gasteiger partial charge is 0.497 e. The Morgan fingerprint density at radius 2 is 1.89 bits per heavy atom. The minimum atomic E-state index is -0.925. The van der Waals surface area contributed by atoms with E-state index in [-0.39, 0.29) is 0 Å². The maximum Gasteiger partial charge on any atom is 0.333 e. The van der Waals surface area contributed by atoms with Gasteiger partial charge < -0.3 is 14.6 Å². The predicted molar refractivity (Wildman–Crippen MR) is 68.9 cm³/mol. The minimum Gasteiger partial charge on any atom is -0.497 e. The van der Waals surface area contributed by atoms with E-state index in [4.69, 9.17) is 14.6 Å². The fourth-order valence-electron chi connectivity index (χ4n) is 1.50. The number of hydrogen-bond acceptors (Lipinski definition) is 3. The van der Waals surface area contributed by atoms with E-state index in [1.54, 1.807) is 7.11 Å². The second-order valence-corrected chi connectivity index (χ2v) is 4.61. The normalized spacial score (nSPS) is 12.4. The Bertz CT molecular complexity index is 370. The lowest BCUT2D eigenvalue weighted by Crippen LogP contribution is -2.27.